The summed E-state index contributed by atoms with van der Waals surface area (Å²) in [6.45, 7) is -1.09. The Labute approximate surface area is 660 Å². The SMILES string of the molecule is c1ccc(N(c2ccccc2)c2cc3c4c(c2)N(c2ccccn2)c2cc5c(cc2B4c2ccccc2O3)B2c3cc4c(cc3N(c3ccccn3)c3cc(N(c6ccccc6)c6ccccc6)cc(c32)O5)N(c2ccccn2)c2cc(N(c3ccccc3)c3ccccc3)cc3c2B4c2ccccc2N3c2ccccn2)cc1. The van der Waals surface area contributed by atoms with Crippen LogP contribution in [-0.4, -0.2) is 40.1 Å². The predicted molar refractivity (Wildman–Crippen MR) is 467 cm³/mol. The lowest BCUT2D eigenvalue weighted by Gasteiger charge is -2.46. The number of hydrogen-bond donors (Lipinski definition) is 0. The van der Waals surface area contributed by atoms with Crippen LogP contribution >= 0.6 is 0 Å². The van der Waals surface area contributed by atoms with Gasteiger partial charge in [-0.05, 0) is 213 Å². The number of rotatable bonds is 13. The molecule has 0 radical (unpaired) electrons. The van der Waals surface area contributed by atoms with Gasteiger partial charge in [0, 0.05) is 123 Å². The van der Waals surface area contributed by atoms with E-state index in [1.165, 1.54) is 0 Å². The smallest absolute Gasteiger partial charge is 0.256 e. The number of pyridine rings is 4. The summed E-state index contributed by atoms with van der Waals surface area (Å²) in [5, 5.41) is 0. The van der Waals surface area contributed by atoms with E-state index in [0.29, 0.717) is 0 Å². The van der Waals surface area contributed by atoms with Crippen molar-refractivity contribution in [3.8, 4) is 23.0 Å². The average molecular weight is 1460 g/mol. The number of nitrogens with zero attached hydrogens (tertiary/aromatic N) is 11. The number of ether oxygens (including phenoxy) is 2. The van der Waals surface area contributed by atoms with Gasteiger partial charge in [-0.15, -0.1) is 0 Å². The van der Waals surface area contributed by atoms with Gasteiger partial charge < -0.3 is 24.2 Å². The minimum Gasteiger partial charge on any atom is -0.458 e. The lowest BCUT2D eigenvalue weighted by atomic mass is 9.29. The Morgan fingerprint density at radius 3 is 0.886 bits per heavy atom. The number of aromatic nitrogens is 4. The number of hydrogen-bond acceptors (Lipinski definition) is 13. The zero-order chi connectivity index (χ0) is 74.9. The van der Waals surface area contributed by atoms with Crippen LogP contribution in [0.1, 0.15) is 0 Å². The molecule has 13 aromatic carbocycles. The highest BCUT2D eigenvalue weighted by Crippen LogP contribution is 2.53. The Hall–Kier alpha value is -15.1. The van der Waals surface area contributed by atoms with Crippen molar-refractivity contribution in [1.29, 1.82) is 0 Å². The van der Waals surface area contributed by atoms with Crippen molar-refractivity contribution in [3.63, 3.8) is 0 Å². The molecule has 0 unspecified atom stereocenters. The summed E-state index contributed by atoms with van der Waals surface area (Å²) in [7, 11) is 0. The van der Waals surface area contributed by atoms with Crippen LogP contribution in [0.3, 0.4) is 0 Å². The molecule has 23 rings (SSSR count). The fraction of sp³-hybridized carbons (Fsp3) is 0. The molecule has 0 saturated heterocycles. The standard InChI is InChI=1S/C98H64B3N11O2/c1-7-31-65(32-8-1)106(66-33-9-2-10-34-66)71-55-84-96-85(56-71)110(93-48-24-28-52-103-93)81-63-82-77(61-76(81)99(96)74-43-19-21-45-80(74)109(84)92-47-23-27-51-102-92)101-79-62-78-83(64-89(79)114-91-60-73(58-87(98(91)101)111(82)94-49-25-29-53-104-94)108(69-39-15-5-16-40-69)70-41-17-6-18-42-70)112(95-50-26-30-54-105-95)86-57-72(59-90-97(86)100(78)75-44-20-22-46-88(75)113-90)107(67-35-11-3-12-36-67)68-37-13-4-14-38-68/h1-64H. The zero-order valence-corrected chi connectivity index (χ0v) is 61.4. The molecule has 114 heavy (non-hydrogen) atoms. The van der Waals surface area contributed by atoms with Gasteiger partial charge >= 0.3 is 0 Å². The van der Waals surface area contributed by atoms with E-state index in [4.69, 9.17) is 29.4 Å². The van der Waals surface area contributed by atoms with Gasteiger partial charge in [-0.2, -0.15) is 0 Å². The molecule has 6 aliphatic heterocycles. The predicted octanol–water partition coefficient (Wildman–Crippen LogP) is 18.6. The third kappa shape index (κ3) is 10.2. The average Bonchev–Trinajstić information content (AvgIpc) is 0.684. The normalized spacial score (nSPS) is 13.1. The number of benzene rings is 13. The van der Waals surface area contributed by atoms with Crippen LogP contribution < -0.4 is 92.9 Å². The summed E-state index contributed by atoms with van der Waals surface area (Å²) in [6.07, 6.45) is 7.59. The van der Waals surface area contributed by atoms with Crippen molar-refractivity contribution in [2.24, 2.45) is 0 Å². The first-order chi connectivity index (χ1) is 56.6. The van der Waals surface area contributed by atoms with Crippen LogP contribution in [0.25, 0.3) is 0 Å². The van der Waals surface area contributed by atoms with E-state index in [1.807, 2.05) is 49.1 Å². The third-order valence-corrected chi connectivity index (χ3v) is 23.0. The van der Waals surface area contributed by atoms with Crippen LogP contribution in [-0.2, 0) is 0 Å². The molecule has 13 nitrogen and oxygen atoms in total. The van der Waals surface area contributed by atoms with Gasteiger partial charge in [0.05, 0.1) is 17.1 Å². The molecule has 0 bridgehead atoms. The Kier molecular flexibility index (Phi) is 14.9. The van der Waals surface area contributed by atoms with Gasteiger partial charge in [-0.25, -0.2) is 19.9 Å². The summed E-state index contributed by atoms with van der Waals surface area (Å²) >= 11 is 0. The Morgan fingerprint density at radius 2 is 0.491 bits per heavy atom. The van der Waals surface area contributed by atoms with Gasteiger partial charge in [0.1, 0.15) is 46.3 Å². The molecule has 0 N–H and O–H groups in total. The Morgan fingerprint density at radius 1 is 0.193 bits per heavy atom. The molecule has 16 heteroatoms. The van der Waals surface area contributed by atoms with Crippen LogP contribution in [0.5, 0.6) is 23.0 Å². The fourth-order valence-electron chi connectivity index (χ4n) is 18.5. The van der Waals surface area contributed by atoms with Crippen LogP contribution in [0.4, 0.5) is 120 Å². The molecule has 0 aliphatic carbocycles. The van der Waals surface area contributed by atoms with Crippen LogP contribution in [0.2, 0.25) is 0 Å². The number of anilines is 21. The van der Waals surface area contributed by atoms with E-state index < -0.39 is 6.71 Å². The molecule has 0 fully saturated rings. The second-order valence-corrected chi connectivity index (χ2v) is 29.3. The molecule has 4 aromatic heterocycles. The maximum absolute atomic E-state index is 7.99. The quantitative estimate of drug-likeness (QED) is 0.103. The minimum absolute atomic E-state index is 0.312. The van der Waals surface area contributed by atoms with Crippen LogP contribution in [0.15, 0.2) is 389 Å². The third-order valence-electron chi connectivity index (χ3n) is 23.0. The molecule has 532 valence electrons. The second kappa shape index (κ2) is 26.3. The maximum Gasteiger partial charge on any atom is 0.256 e. The van der Waals surface area contributed by atoms with E-state index in [0.717, 1.165) is 192 Å². The Balaban J connectivity index is 0.824. The van der Waals surface area contributed by atoms with Gasteiger partial charge in [0.25, 0.3) is 20.1 Å². The first kappa shape index (κ1) is 64.8. The summed E-state index contributed by atoms with van der Waals surface area (Å²) in [5.74, 6) is 6.04. The molecule has 10 heterocycles. The molecule has 0 atom stereocenters. The minimum atomic E-state index is -0.451. The molecule has 17 aromatic rings. The first-order valence-electron chi connectivity index (χ1n) is 38.6. The molecule has 6 aliphatic rings. The van der Waals surface area contributed by atoms with E-state index >= 15 is 0 Å². The molecular formula is C98H64B3N11O2. The first-order valence-corrected chi connectivity index (χ1v) is 38.6. The summed E-state index contributed by atoms with van der Waals surface area (Å²) in [5.41, 5.74) is 26.2. The van der Waals surface area contributed by atoms with Gasteiger partial charge in [-0.1, -0.05) is 182 Å². The van der Waals surface area contributed by atoms with Gasteiger partial charge in [0.2, 0.25) is 0 Å². The lowest BCUT2D eigenvalue weighted by molar-refractivity contribution is 0.487. The highest BCUT2D eigenvalue weighted by atomic mass is 16.5. The molecular weight excluding hydrogens is 1400 g/mol. The zero-order valence-electron chi connectivity index (χ0n) is 61.4. The van der Waals surface area contributed by atoms with E-state index in [-0.39, 0.29) is 13.4 Å². The highest BCUT2D eigenvalue weighted by Gasteiger charge is 2.51. The monoisotopic (exact) mass is 1460 g/mol. The van der Waals surface area contributed by atoms with Gasteiger partial charge in [0.15, 0.2) is 0 Å². The summed E-state index contributed by atoms with van der Waals surface area (Å²) in [4.78, 5) is 37.8. The van der Waals surface area contributed by atoms with E-state index in [2.05, 4.69) is 374 Å². The van der Waals surface area contributed by atoms with Crippen molar-refractivity contribution in [2.45, 2.75) is 0 Å². The van der Waals surface area contributed by atoms with Crippen molar-refractivity contribution in [2.75, 3.05) is 34.3 Å². The summed E-state index contributed by atoms with van der Waals surface area (Å²) < 4.78 is 15.3. The lowest BCUT2D eigenvalue weighted by Crippen LogP contribution is -2.65. The van der Waals surface area contributed by atoms with Crippen molar-refractivity contribution >= 4 is 189 Å². The van der Waals surface area contributed by atoms with Crippen molar-refractivity contribution < 1.29 is 9.47 Å². The Bertz CT molecular complexity index is 6500. The van der Waals surface area contributed by atoms with E-state index in [9.17, 15) is 0 Å². The fourth-order valence-corrected chi connectivity index (χ4v) is 18.5. The molecule has 0 spiro atoms. The number of fused-ring (bicyclic) bond motifs is 12. The molecule has 0 amide bonds. The van der Waals surface area contributed by atoms with E-state index in [1.54, 1.807) is 0 Å². The van der Waals surface area contributed by atoms with Crippen LogP contribution in [0, 0.1) is 0 Å². The number of para-hydroxylation sites is 8. The topological polar surface area (TPSA) is 92.7 Å². The maximum atomic E-state index is 7.99. The summed E-state index contributed by atoms with van der Waals surface area (Å²) in [6, 6.07) is 130. The molecule has 0 saturated carbocycles. The largest absolute Gasteiger partial charge is 0.458 e. The second-order valence-electron chi connectivity index (χ2n) is 29.3. The van der Waals surface area contributed by atoms with Crippen molar-refractivity contribution in [1.82, 2.24) is 19.9 Å². The van der Waals surface area contributed by atoms with Gasteiger partial charge in [-0.3, -0.25) is 19.6 Å². The van der Waals surface area contributed by atoms with Crippen molar-refractivity contribution in [3.05, 3.63) is 389 Å². The highest BCUT2D eigenvalue weighted by molar-refractivity contribution is 7.04.